The van der Waals surface area contributed by atoms with Crippen molar-refractivity contribution in [2.45, 2.75) is 25.3 Å². The Bertz CT molecular complexity index is 473. The highest BCUT2D eigenvalue weighted by Crippen LogP contribution is 2.24. The molecule has 1 atom stereocenters. The number of benzene rings is 1. The molecule has 0 radical (unpaired) electrons. The third-order valence-corrected chi connectivity index (χ3v) is 4.32. The van der Waals surface area contributed by atoms with Crippen LogP contribution in [0.25, 0.3) is 0 Å². The molecule has 1 N–H and O–H groups in total. The van der Waals surface area contributed by atoms with Crippen LogP contribution in [-0.2, 0) is 11.2 Å². The molecule has 1 fully saturated rings. The van der Waals surface area contributed by atoms with Crippen molar-refractivity contribution in [1.29, 1.82) is 0 Å². The van der Waals surface area contributed by atoms with Crippen molar-refractivity contribution in [2.24, 2.45) is 0 Å². The Morgan fingerprint density at radius 2 is 2.35 bits per heavy atom. The van der Waals surface area contributed by atoms with Crippen molar-refractivity contribution in [3.63, 3.8) is 0 Å². The first-order chi connectivity index (χ1) is 9.61. The van der Waals surface area contributed by atoms with Crippen LogP contribution in [-0.4, -0.2) is 44.1 Å². The van der Waals surface area contributed by atoms with Gasteiger partial charge in [-0.1, -0.05) is 15.9 Å². The Morgan fingerprint density at radius 1 is 1.55 bits per heavy atom. The average Bonchev–Trinajstić information content (AvgIpc) is 2.98. The first-order valence-corrected chi connectivity index (χ1v) is 7.70. The lowest BCUT2D eigenvalue weighted by Gasteiger charge is -2.24. The number of nitrogens with zero attached hydrogens (tertiary/aromatic N) is 1. The van der Waals surface area contributed by atoms with Gasteiger partial charge in [-0.2, -0.15) is 0 Å². The Labute approximate surface area is 128 Å². The van der Waals surface area contributed by atoms with Crippen LogP contribution in [0.2, 0.25) is 0 Å². The molecule has 20 heavy (non-hydrogen) atoms. The molecule has 1 aliphatic heterocycles. The highest BCUT2D eigenvalue weighted by atomic mass is 79.9. The van der Waals surface area contributed by atoms with Crippen LogP contribution in [0.15, 0.2) is 22.7 Å². The number of aryl methyl sites for hydroxylation is 1. The van der Waals surface area contributed by atoms with E-state index in [0.717, 1.165) is 35.3 Å². The third kappa shape index (κ3) is 3.73. The maximum atomic E-state index is 12.2. The molecule has 110 valence electrons. The highest BCUT2D eigenvalue weighted by Gasteiger charge is 2.22. The lowest BCUT2D eigenvalue weighted by Crippen LogP contribution is -2.38. The minimum Gasteiger partial charge on any atom is -0.496 e. The molecule has 0 aliphatic carbocycles. The molecule has 2 rings (SSSR count). The Morgan fingerprint density at radius 3 is 3.00 bits per heavy atom. The van der Waals surface area contributed by atoms with Crippen LogP contribution in [0.1, 0.15) is 18.4 Å². The van der Waals surface area contributed by atoms with E-state index in [1.807, 2.05) is 30.1 Å². The summed E-state index contributed by atoms with van der Waals surface area (Å²) in [7, 11) is 3.56. The summed E-state index contributed by atoms with van der Waals surface area (Å²) < 4.78 is 6.35. The fourth-order valence-electron chi connectivity index (χ4n) is 2.53. The van der Waals surface area contributed by atoms with Crippen LogP contribution < -0.4 is 10.1 Å². The molecule has 4 nitrogen and oxygen atoms in total. The Kier molecular flexibility index (Phi) is 5.43. The van der Waals surface area contributed by atoms with Gasteiger partial charge < -0.3 is 15.0 Å². The van der Waals surface area contributed by atoms with Crippen LogP contribution in [0.4, 0.5) is 0 Å². The van der Waals surface area contributed by atoms with Gasteiger partial charge in [0.2, 0.25) is 5.91 Å². The smallest absolute Gasteiger partial charge is 0.222 e. The molecular weight excluding hydrogens is 320 g/mol. The lowest BCUT2D eigenvalue weighted by atomic mass is 10.1. The second kappa shape index (κ2) is 7.09. The summed E-state index contributed by atoms with van der Waals surface area (Å²) in [5.74, 6) is 1.03. The number of amides is 1. The molecule has 5 heteroatoms. The van der Waals surface area contributed by atoms with Gasteiger partial charge in [0.05, 0.1) is 7.11 Å². The molecule has 1 amide bonds. The van der Waals surface area contributed by atoms with Gasteiger partial charge in [0.15, 0.2) is 0 Å². The summed E-state index contributed by atoms with van der Waals surface area (Å²) in [6.07, 6.45) is 2.26. The maximum absolute atomic E-state index is 12.2. The van der Waals surface area contributed by atoms with E-state index in [1.54, 1.807) is 7.11 Å². The van der Waals surface area contributed by atoms with E-state index in [0.29, 0.717) is 18.9 Å². The van der Waals surface area contributed by atoms with Crippen LogP contribution >= 0.6 is 15.9 Å². The average molecular weight is 341 g/mol. The topological polar surface area (TPSA) is 41.6 Å². The number of methoxy groups -OCH3 is 1. The number of halogens is 1. The molecular formula is C15H21BrN2O2. The maximum Gasteiger partial charge on any atom is 0.222 e. The van der Waals surface area contributed by atoms with Crippen molar-refractivity contribution < 1.29 is 9.53 Å². The molecule has 0 saturated carbocycles. The summed E-state index contributed by atoms with van der Waals surface area (Å²) in [6.45, 7) is 1.91. The Hall–Kier alpha value is -1.07. The highest BCUT2D eigenvalue weighted by molar-refractivity contribution is 9.10. The SMILES string of the molecule is COc1ccc(Br)cc1CCC(=O)N(C)[C@H]1CCNC1. The van der Waals surface area contributed by atoms with Gasteiger partial charge in [-0.15, -0.1) is 0 Å². The normalized spacial score (nSPS) is 18.1. The van der Waals surface area contributed by atoms with Crippen LogP contribution in [0, 0.1) is 0 Å². The van der Waals surface area contributed by atoms with E-state index in [9.17, 15) is 4.79 Å². The number of nitrogens with one attached hydrogen (secondary N) is 1. The number of likely N-dealkylation sites (N-methyl/N-ethyl adjacent to an activating group) is 1. The Balaban J connectivity index is 1.94. The molecule has 1 aromatic carbocycles. The van der Waals surface area contributed by atoms with Crippen molar-refractivity contribution in [2.75, 3.05) is 27.2 Å². The predicted molar refractivity (Wildman–Crippen MR) is 83.1 cm³/mol. The predicted octanol–water partition coefficient (Wildman–Crippen LogP) is 2.21. The largest absolute Gasteiger partial charge is 0.496 e. The molecule has 1 aliphatic rings. The summed E-state index contributed by atoms with van der Waals surface area (Å²) in [5, 5.41) is 3.29. The van der Waals surface area contributed by atoms with Gasteiger partial charge in [-0.05, 0) is 43.1 Å². The molecule has 1 aromatic rings. The summed E-state index contributed by atoms with van der Waals surface area (Å²) in [5.41, 5.74) is 1.06. The van der Waals surface area contributed by atoms with Gasteiger partial charge in [-0.3, -0.25) is 4.79 Å². The zero-order valence-corrected chi connectivity index (χ0v) is 13.6. The molecule has 1 heterocycles. The van der Waals surface area contributed by atoms with E-state index in [1.165, 1.54) is 0 Å². The quantitative estimate of drug-likeness (QED) is 0.893. The van der Waals surface area contributed by atoms with Crippen molar-refractivity contribution >= 4 is 21.8 Å². The van der Waals surface area contributed by atoms with E-state index in [4.69, 9.17) is 4.74 Å². The molecule has 0 aromatic heterocycles. The first-order valence-electron chi connectivity index (χ1n) is 6.90. The third-order valence-electron chi connectivity index (χ3n) is 3.83. The van der Waals surface area contributed by atoms with Gasteiger partial charge in [-0.25, -0.2) is 0 Å². The number of carbonyl (C=O) groups is 1. The standard InChI is InChI=1S/C15H21BrN2O2/c1-18(13-7-8-17-10-13)15(19)6-3-11-9-12(16)4-5-14(11)20-2/h4-5,9,13,17H,3,6-8,10H2,1-2H3/t13-/m0/s1. The van der Waals surface area contributed by atoms with Crippen molar-refractivity contribution in [3.8, 4) is 5.75 Å². The zero-order valence-electron chi connectivity index (χ0n) is 12.0. The van der Waals surface area contributed by atoms with E-state index < -0.39 is 0 Å². The molecule has 0 bridgehead atoms. The van der Waals surface area contributed by atoms with Gasteiger partial charge >= 0.3 is 0 Å². The number of rotatable bonds is 5. The molecule has 0 unspecified atom stereocenters. The second-order valence-electron chi connectivity index (χ2n) is 5.11. The van der Waals surface area contributed by atoms with Crippen molar-refractivity contribution in [3.05, 3.63) is 28.2 Å². The van der Waals surface area contributed by atoms with Crippen LogP contribution in [0.3, 0.4) is 0 Å². The summed E-state index contributed by atoms with van der Waals surface area (Å²) in [6, 6.07) is 6.23. The molecule has 1 saturated heterocycles. The van der Waals surface area contributed by atoms with Gasteiger partial charge in [0.1, 0.15) is 5.75 Å². The number of hydrogen-bond donors (Lipinski definition) is 1. The fraction of sp³-hybridized carbons (Fsp3) is 0.533. The lowest BCUT2D eigenvalue weighted by molar-refractivity contribution is -0.131. The molecule has 0 spiro atoms. The van der Waals surface area contributed by atoms with Gasteiger partial charge in [0.25, 0.3) is 0 Å². The number of carbonyl (C=O) groups excluding carboxylic acids is 1. The number of hydrogen-bond acceptors (Lipinski definition) is 3. The number of ether oxygens (including phenoxy) is 1. The minimum atomic E-state index is 0.195. The van der Waals surface area contributed by atoms with Crippen molar-refractivity contribution in [1.82, 2.24) is 10.2 Å². The summed E-state index contributed by atoms with van der Waals surface area (Å²) in [4.78, 5) is 14.1. The van der Waals surface area contributed by atoms with E-state index in [2.05, 4.69) is 21.2 Å². The van der Waals surface area contributed by atoms with E-state index in [-0.39, 0.29) is 5.91 Å². The summed E-state index contributed by atoms with van der Waals surface area (Å²) >= 11 is 3.46. The van der Waals surface area contributed by atoms with E-state index >= 15 is 0 Å². The zero-order chi connectivity index (χ0) is 14.5. The van der Waals surface area contributed by atoms with Gasteiger partial charge in [0, 0.05) is 30.5 Å². The monoisotopic (exact) mass is 340 g/mol. The first kappa shape index (κ1) is 15.3. The second-order valence-corrected chi connectivity index (χ2v) is 6.02. The van der Waals surface area contributed by atoms with Crippen LogP contribution in [0.5, 0.6) is 5.75 Å². The fourth-order valence-corrected chi connectivity index (χ4v) is 2.94. The minimum absolute atomic E-state index is 0.195.